The Morgan fingerprint density at radius 1 is 1.22 bits per heavy atom. The first kappa shape index (κ1) is 17.8. The highest BCUT2D eigenvalue weighted by Gasteiger charge is 2.33. The number of carbonyl (C=O) groups excluding carboxylic acids is 1. The molecule has 1 aromatic heterocycles. The number of carbonyl (C=O) groups is 1. The largest absolute Gasteiger partial charge is 0.389 e. The number of amides is 2. The van der Waals surface area contributed by atoms with Crippen LogP contribution in [0.3, 0.4) is 0 Å². The summed E-state index contributed by atoms with van der Waals surface area (Å²) < 4.78 is 6.89. The van der Waals surface area contributed by atoms with E-state index < -0.39 is 6.10 Å². The van der Waals surface area contributed by atoms with Crippen LogP contribution >= 0.6 is 0 Å². The van der Waals surface area contributed by atoms with E-state index in [1.165, 1.54) is 11.0 Å². The number of urea groups is 1. The van der Waals surface area contributed by atoms with Gasteiger partial charge in [0.2, 0.25) is 0 Å². The van der Waals surface area contributed by atoms with E-state index in [0.717, 1.165) is 25.2 Å². The van der Waals surface area contributed by atoms with Crippen LogP contribution in [0.15, 0.2) is 30.6 Å². The Kier molecular flexibility index (Phi) is 5.28. The number of hydrogen-bond acceptors (Lipinski definition) is 7. The third-order valence-corrected chi connectivity index (χ3v) is 5.02. The van der Waals surface area contributed by atoms with Gasteiger partial charge in [-0.3, -0.25) is 4.90 Å². The van der Waals surface area contributed by atoms with Gasteiger partial charge in [-0.1, -0.05) is 6.07 Å². The first-order chi connectivity index (χ1) is 13.2. The lowest BCUT2D eigenvalue weighted by Gasteiger charge is -2.28. The number of benzene rings is 1. The highest BCUT2D eigenvalue weighted by Crippen LogP contribution is 2.17. The molecule has 0 radical (unpaired) electrons. The number of rotatable bonds is 3. The predicted molar refractivity (Wildman–Crippen MR) is 96.5 cm³/mol. The van der Waals surface area contributed by atoms with Gasteiger partial charge in [0.1, 0.15) is 6.33 Å². The number of aliphatic hydroxyl groups is 1. The number of anilines is 1. The lowest BCUT2D eigenvalue weighted by atomic mass is 10.2. The lowest BCUT2D eigenvalue weighted by Crippen LogP contribution is -2.45. The number of hydrogen-bond donors (Lipinski definition) is 2. The maximum atomic E-state index is 12.7. The van der Waals surface area contributed by atoms with Gasteiger partial charge in [-0.05, 0) is 35.0 Å². The summed E-state index contributed by atoms with van der Waals surface area (Å²) in [5.41, 5.74) is 1.46. The molecular weight excluding hydrogens is 350 g/mol. The Morgan fingerprint density at radius 3 is 2.93 bits per heavy atom. The van der Waals surface area contributed by atoms with Gasteiger partial charge < -0.3 is 20.1 Å². The second kappa shape index (κ2) is 7.99. The number of tetrazole rings is 1. The van der Waals surface area contributed by atoms with Crippen molar-refractivity contribution in [3.05, 3.63) is 30.6 Å². The van der Waals surface area contributed by atoms with E-state index in [1.807, 2.05) is 29.2 Å². The molecular formula is C17H23N7O3. The van der Waals surface area contributed by atoms with Gasteiger partial charge in [0, 0.05) is 31.9 Å². The Labute approximate surface area is 156 Å². The first-order valence-corrected chi connectivity index (χ1v) is 9.10. The summed E-state index contributed by atoms with van der Waals surface area (Å²) in [5, 5.41) is 24.1. The molecule has 2 saturated heterocycles. The molecule has 2 amide bonds. The highest BCUT2D eigenvalue weighted by atomic mass is 16.5. The fourth-order valence-electron chi connectivity index (χ4n) is 3.56. The maximum Gasteiger partial charge on any atom is 0.321 e. The standard InChI is InChI=1S/C17H23N7O3/c25-16-11-27-10-15(16)22-5-2-6-23(8-7-22)17(26)19-13-3-1-4-14(9-13)24-12-18-20-21-24/h1,3-4,9,12,15-16,25H,2,5-8,10-11H2,(H,19,26)/t15-,16-/m1/s1. The zero-order valence-corrected chi connectivity index (χ0v) is 14.9. The highest BCUT2D eigenvalue weighted by molar-refractivity contribution is 5.89. The van der Waals surface area contributed by atoms with Crippen molar-refractivity contribution in [2.75, 3.05) is 44.7 Å². The molecule has 2 atom stereocenters. The van der Waals surface area contributed by atoms with Crippen LogP contribution in [0.5, 0.6) is 0 Å². The van der Waals surface area contributed by atoms with Gasteiger partial charge in [-0.25, -0.2) is 9.48 Å². The monoisotopic (exact) mass is 373 g/mol. The SMILES string of the molecule is O=C(Nc1cccc(-n2cnnn2)c1)N1CCCN([C@@H]2COC[C@H]2O)CC1. The van der Waals surface area contributed by atoms with Crippen LogP contribution in [0.4, 0.5) is 10.5 Å². The Bertz CT molecular complexity index is 770. The van der Waals surface area contributed by atoms with E-state index in [-0.39, 0.29) is 12.1 Å². The van der Waals surface area contributed by atoms with Crippen molar-refractivity contribution in [2.24, 2.45) is 0 Å². The lowest BCUT2D eigenvalue weighted by molar-refractivity contribution is 0.0845. The first-order valence-electron chi connectivity index (χ1n) is 9.10. The molecule has 4 rings (SSSR count). The molecule has 2 N–H and O–H groups in total. The van der Waals surface area contributed by atoms with Crippen LogP contribution in [-0.2, 0) is 4.74 Å². The molecule has 0 spiro atoms. The molecule has 2 aliphatic rings. The van der Waals surface area contributed by atoms with Crippen molar-refractivity contribution in [2.45, 2.75) is 18.6 Å². The Morgan fingerprint density at radius 2 is 2.15 bits per heavy atom. The smallest absolute Gasteiger partial charge is 0.321 e. The topological polar surface area (TPSA) is 109 Å². The van der Waals surface area contributed by atoms with Gasteiger partial charge in [-0.15, -0.1) is 5.10 Å². The molecule has 0 bridgehead atoms. The molecule has 10 heteroatoms. The van der Waals surface area contributed by atoms with Crippen molar-refractivity contribution >= 4 is 11.7 Å². The third-order valence-electron chi connectivity index (χ3n) is 5.02. The van der Waals surface area contributed by atoms with E-state index in [9.17, 15) is 9.90 Å². The van der Waals surface area contributed by atoms with Crippen LogP contribution in [0, 0.1) is 0 Å². The quantitative estimate of drug-likeness (QED) is 0.777. The molecule has 1 aromatic carbocycles. The minimum absolute atomic E-state index is 0.0287. The summed E-state index contributed by atoms with van der Waals surface area (Å²) >= 11 is 0. The van der Waals surface area contributed by atoms with Gasteiger partial charge in [0.15, 0.2) is 0 Å². The zero-order valence-electron chi connectivity index (χ0n) is 14.9. The minimum Gasteiger partial charge on any atom is -0.389 e. The summed E-state index contributed by atoms with van der Waals surface area (Å²) in [6, 6.07) is 7.27. The summed E-state index contributed by atoms with van der Waals surface area (Å²) in [6.07, 6.45) is 1.92. The van der Waals surface area contributed by atoms with Gasteiger partial charge in [0.05, 0.1) is 31.0 Å². The van der Waals surface area contributed by atoms with Gasteiger partial charge >= 0.3 is 6.03 Å². The third kappa shape index (κ3) is 4.07. The van der Waals surface area contributed by atoms with Crippen molar-refractivity contribution in [3.63, 3.8) is 0 Å². The number of nitrogens with zero attached hydrogens (tertiary/aromatic N) is 6. The molecule has 10 nitrogen and oxygen atoms in total. The van der Waals surface area contributed by atoms with E-state index in [2.05, 4.69) is 25.7 Å². The predicted octanol–water partition coefficient (Wildman–Crippen LogP) is -0.0384. The van der Waals surface area contributed by atoms with E-state index in [1.54, 1.807) is 0 Å². The number of aromatic nitrogens is 4. The molecule has 0 aliphatic carbocycles. The summed E-state index contributed by atoms with van der Waals surface area (Å²) in [5.74, 6) is 0. The molecule has 144 valence electrons. The molecule has 0 saturated carbocycles. The minimum atomic E-state index is -0.445. The summed E-state index contributed by atoms with van der Waals surface area (Å²) in [4.78, 5) is 16.7. The molecule has 2 aliphatic heterocycles. The van der Waals surface area contributed by atoms with Crippen molar-refractivity contribution < 1.29 is 14.6 Å². The fourth-order valence-corrected chi connectivity index (χ4v) is 3.56. The van der Waals surface area contributed by atoms with Crippen LogP contribution in [0.2, 0.25) is 0 Å². The number of aliphatic hydroxyl groups excluding tert-OH is 1. The van der Waals surface area contributed by atoms with Crippen LogP contribution in [0.25, 0.3) is 5.69 Å². The Hall–Kier alpha value is -2.56. The van der Waals surface area contributed by atoms with E-state index in [0.29, 0.717) is 32.0 Å². The summed E-state index contributed by atoms with van der Waals surface area (Å²) in [7, 11) is 0. The van der Waals surface area contributed by atoms with Crippen LogP contribution < -0.4 is 5.32 Å². The van der Waals surface area contributed by atoms with E-state index >= 15 is 0 Å². The molecule has 0 unspecified atom stereocenters. The normalized spacial score (nSPS) is 24.0. The van der Waals surface area contributed by atoms with E-state index in [4.69, 9.17) is 4.74 Å². The average molecular weight is 373 g/mol. The molecule has 2 aromatic rings. The second-order valence-corrected chi connectivity index (χ2v) is 6.78. The van der Waals surface area contributed by atoms with Crippen LogP contribution in [0.1, 0.15) is 6.42 Å². The van der Waals surface area contributed by atoms with Crippen LogP contribution in [-0.4, -0.2) is 92.7 Å². The fraction of sp³-hybridized carbons (Fsp3) is 0.529. The molecule has 2 fully saturated rings. The van der Waals surface area contributed by atoms with Gasteiger partial charge in [-0.2, -0.15) is 0 Å². The van der Waals surface area contributed by atoms with Gasteiger partial charge in [0.25, 0.3) is 0 Å². The zero-order chi connectivity index (χ0) is 18.6. The average Bonchev–Trinajstić information content (AvgIpc) is 3.29. The van der Waals surface area contributed by atoms with Crippen molar-refractivity contribution in [1.29, 1.82) is 0 Å². The maximum absolute atomic E-state index is 12.7. The van der Waals surface area contributed by atoms with Crippen molar-refractivity contribution in [3.8, 4) is 5.69 Å². The molecule has 3 heterocycles. The Balaban J connectivity index is 1.37. The second-order valence-electron chi connectivity index (χ2n) is 6.78. The summed E-state index contributed by atoms with van der Waals surface area (Å²) in [6.45, 7) is 3.81. The van der Waals surface area contributed by atoms with Crippen molar-refractivity contribution in [1.82, 2.24) is 30.0 Å². The molecule has 27 heavy (non-hydrogen) atoms. The number of nitrogens with one attached hydrogen (secondary N) is 1. The number of ether oxygens (including phenoxy) is 1.